The fraction of sp³-hybridized carbons (Fsp3) is 0.0667. The number of carbonyl (C=O) groups is 1. The number of oxime groups is 1. The molecule has 0 unspecified atom stereocenters. The van der Waals surface area contributed by atoms with Crippen molar-refractivity contribution in [2.45, 2.75) is 6.92 Å². The highest BCUT2D eigenvalue weighted by Crippen LogP contribution is 2.23. The molecule has 0 aliphatic carbocycles. The van der Waals surface area contributed by atoms with Gasteiger partial charge in [-0.2, -0.15) is 0 Å². The molecule has 0 heterocycles. The highest BCUT2D eigenvalue weighted by atomic mass is 127. The number of hydrogen-bond donors (Lipinski definition) is 1. The largest absolute Gasteiger partial charge is 0.507 e. The molecule has 0 saturated carbocycles. The van der Waals surface area contributed by atoms with E-state index < -0.39 is 5.97 Å². The van der Waals surface area contributed by atoms with E-state index in [1.165, 1.54) is 6.92 Å². The van der Waals surface area contributed by atoms with Crippen LogP contribution >= 0.6 is 22.6 Å². The Morgan fingerprint density at radius 1 is 1.20 bits per heavy atom. The molecule has 0 amide bonds. The van der Waals surface area contributed by atoms with Crippen molar-refractivity contribution in [2.24, 2.45) is 5.16 Å². The molecule has 102 valence electrons. The number of nitrogens with zero attached hydrogens (tertiary/aromatic N) is 1. The summed E-state index contributed by atoms with van der Waals surface area (Å²) in [5.74, 6) is -0.421. The third-order valence-electron chi connectivity index (χ3n) is 2.53. The van der Waals surface area contributed by atoms with Crippen LogP contribution < -0.4 is 0 Å². The van der Waals surface area contributed by atoms with Crippen molar-refractivity contribution in [3.63, 3.8) is 0 Å². The number of rotatable bonds is 3. The second-order valence-electron chi connectivity index (χ2n) is 4.05. The molecule has 5 heteroatoms. The van der Waals surface area contributed by atoms with E-state index in [0.29, 0.717) is 11.3 Å². The summed E-state index contributed by atoms with van der Waals surface area (Å²) >= 11 is 2.11. The number of hydrogen-bond acceptors (Lipinski definition) is 4. The van der Waals surface area contributed by atoms with Gasteiger partial charge in [0.15, 0.2) is 0 Å². The Kier molecular flexibility index (Phi) is 4.73. The van der Waals surface area contributed by atoms with Crippen LogP contribution in [0.3, 0.4) is 0 Å². The highest BCUT2D eigenvalue weighted by Gasteiger charge is 2.13. The Balaban J connectivity index is 2.52. The van der Waals surface area contributed by atoms with Crippen LogP contribution in [0, 0.1) is 3.57 Å². The summed E-state index contributed by atoms with van der Waals surface area (Å²) in [6.45, 7) is 1.28. The molecular weight excluding hydrogens is 369 g/mol. The van der Waals surface area contributed by atoms with Crippen LogP contribution in [0.2, 0.25) is 0 Å². The van der Waals surface area contributed by atoms with Crippen molar-refractivity contribution in [1.29, 1.82) is 0 Å². The molecule has 0 spiro atoms. The predicted octanol–water partition coefficient (Wildman–Crippen LogP) is 3.31. The first kappa shape index (κ1) is 14.5. The summed E-state index contributed by atoms with van der Waals surface area (Å²) in [7, 11) is 0. The van der Waals surface area contributed by atoms with Crippen molar-refractivity contribution in [2.75, 3.05) is 0 Å². The summed E-state index contributed by atoms with van der Waals surface area (Å²) < 4.78 is 0.906. The molecule has 0 atom stereocenters. The quantitative estimate of drug-likeness (QED) is 0.384. The fourth-order valence-corrected chi connectivity index (χ4v) is 2.14. The maximum atomic E-state index is 11.0. The lowest BCUT2D eigenvalue weighted by Crippen LogP contribution is -2.06. The van der Waals surface area contributed by atoms with Crippen molar-refractivity contribution < 1.29 is 14.7 Å². The van der Waals surface area contributed by atoms with E-state index in [2.05, 4.69) is 27.7 Å². The monoisotopic (exact) mass is 381 g/mol. The maximum Gasteiger partial charge on any atom is 0.332 e. The molecule has 2 aromatic carbocycles. The van der Waals surface area contributed by atoms with Crippen LogP contribution in [0.1, 0.15) is 18.1 Å². The summed E-state index contributed by atoms with van der Waals surface area (Å²) in [6, 6.07) is 14.5. The first-order chi connectivity index (χ1) is 9.58. The smallest absolute Gasteiger partial charge is 0.332 e. The molecule has 4 nitrogen and oxygen atoms in total. The van der Waals surface area contributed by atoms with E-state index in [-0.39, 0.29) is 5.75 Å². The third-order valence-corrected chi connectivity index (χ3v) is 3.20. The van der Waals surface area contributed by atoms with Gasteiger partial charge in [-0.3, -0.25) is 0 Å². The second kappa shape index (κ2) is 6.51. The molecule has 0 fully saturated rings. The van der Waals surface area contributed by atoms with Crippen molar-refractivity contribution in [3.05, 3.63) is 63.2 Å². The molecule has 20 heavy (non-hydrogen) atoms. The van der Waals surface area contributed by atoms with Crippen molar-refractivity contribution in [3.8, 4) is 5.75 Å². The molecule has 1 N–H and O–H groups in total. The lowest BCUT2D eigenvalue weighted by molar-refractivity contribution is -0.140. The van der Waals surface area contributed by atoms with Gasteiger partial charge in [0.05, 0.1) is 0 Å². The number of benzene rings is 2. The predicted molar refractivity (Wildman–Crippen MR) is 84.7 cm³/mol. The van der Waals surface area contributed by atoms with E-state index >= 15 is 0 Å². The van der Waals surface area contributed by atoms with Gasteiger partial charge in [0.1, 0.15) is 11.5 Å². The van der Waals surface area contributed by atoms with Gasteiger partial charge in [0.2, 0.25) is 0 Å². The van der Waals surface area contributed by atoms with Crippen LogP contribution in [0.25, 0.3) is 0 Å². The zero-order valence-electron chi connectivity index (χ0n) is 10.7. The average Bonchev–Trinajstić information content (AvgIpc) is 2.42. The topological polar surface area (TPSA) is 58.9 Å². The van der Waals surface area contributed by atoms with Gasteiger partial charge in [-0.1, -0.05) is 35.5 Å². The Bertz CT molecular complexity index is 653. The SMILES string of the molecule is CC(=O)O/N=C(\c1ccccc1)c1ccc(I)cc1O. The Morgan fingerprint density at radius 2 is 1.90 bits per heavy atom. The maximum absolute atomic E-state index is 11.0. The van der Waals surface area contributed by atoms with Crippen molar-refractivity contribution >= 4 is 34.3 Å². The molecule has 2 aromatic rings. The number of aromatic hydroxyl groups is 1. The molecule has 0 aliphatic heterocycles. The van der Waals surface area contributed by atoms with E-state index in [9.17, 15) is 9.90 Å². The molecule has 2 rings (SSSR count). The van der Waals surface area contributed by atoms with Gasteiger partial charge in [-0.25, -0.2) is 4.79 Å². The van der Waals surface area contributed by atoms with Crippen LogP contribution in [0.4, 0.5) is 0 Å². The lowest BCUT2D eigenvalue weighted by atomic mass is 10.0. The number of carbonyl (C=O) groups excluding carboxylic acids is 1. The summed E-state index contributed by atoms with van der Waals surface area (Å²) in [4.78, 5) is 15.7. The minimum atomic E-state index is -0.511. The fourth-order valence-electron chi connectivity index (χ4n) is 1.67. The van der Waals surface area contributed by atoms with Gasteiger partial charge in [-0.15, -0.1) is 0 Å². The van der Waals surface area contributed by atoms with Crippen LogP contribution in [-0.4, -0.2) is 16.8 Å². The average molecular weight is 381 g/mol. The Labute approximate surface area is 130 Å². The molecular formula is C15H12INO3. The number of phenolic OH excluding ortho intramolecular Hbond substituents is 1. The van der Waals surface area contributed by atoms with Gasteiger partial charge in [0, 0.05) is 21.6 Å². The van der Waals surface area contributed by atoms with Crippen LogP contribution in [0.5, 0.6) is 5.75 Å². The first-order valence-electron chi connectivity index (χ1n) is 5.88. The molecule has 0 saturated heterocycles. The van der Waals surface area contributed by atoms with Crippen LogP contribution in [-0.2, 0) is 9.63 Å². The first-order valence-corrected chi connectivity index (χ1v) is 6.95. The second-order valence-corrected chi connectivity index (χ2v) is 5.30. The van der Waals surface area contributed by atoms with Crippen molar-refractivity contribution in [1.82, 2.24) is 0 Å². The lowest BCUT2D eigenvalue weighted by Gasteiger charge is -2.08. The van der Waals surface area contributed by atoms with E-state index in [4.69, 9.17) is 4.84 Å². The van der Waals surface area contributed by atoms with E-state index in [1.807, 2.05) is 36.4 Å². The Hall–Kier alpha value is -1.89. The molecule has 0 aliphatic rings. The molecule has 0 aromatic heterocycles. The van der Waals surface area contributed by atoms with E-state index in [0.717, 1.165) is 9.13 Å². The van der Waals surface area contributed by atoms with Gasteiger partial charge >= 0.3 is 5.97 Å². The van der Waals surface area contributed by atoms with Gasteiger partial charge < -0.3 is 9.94 Å². The zero-order chi connectivity index (χ0) is 14.5. The van der Waals surface area contributed by atoms with E-state index in [1.54, 1.807) is 12.1 Å². The summed E-state index contributed by atoms with van der Waals surface area (Å²) in [6.07, 6.45) is 0. The summed E-state index contributed by atoms with van der Waals surface area (Å²) in [5, 5.41) is 13.9. The normalized spacial score (nSPS) is 11.2. The molecule has 0 bridgehead atoms. The molecule has 0 radical (unpaired) electrons. The number of halogens is 1. The van der Waals surface area contributed by atoms with Gasteiger partial charge in [0.25, 0.3) is 0 Å². The minimum Gasteiger partial charge on any atom is -0.507 e. The third kappa shape index (κ3) is 3.57. The number of phenols is 1. The summed E-state index contributed by atoms with van der Waals surface area (Å²) in [5.41, 5.74) is 1.68. The standard InChI is InChI=1S/C15H12INO3/c1-10(18)20-17-15(11-5-3-2-4-6-11)13-8-7-12(16)9-14(13)19/h2-9,19H,1H3/b17-15+. The zero-order valence-corrected chi connectivity index (χ0v) is 12.9. The minimum absolute atomic E-state index is 0.0895. The van der Waals surface area contributed by atoms with Crippen LogP contribution in [0.15, 0.2) is 53.7 Å². The highest BCUT2D eigenvalue weighted by molar-refractivity contribution is 14.1. The Morgan fingerprint density at radius 3 is 2.50 bits per heavy atom. The van der Waals surface area contributed by atoms with Gasteiger partial charge in [-0.05, 0) is 40.8 Å².